The fraction of sp³-hybridized carbons (Fsp3) is 0.368. The van der Waals surface area contributed by atoms with Crippen LogP contribution in [0.2, 0.25) is 5.02 Å². The molecular weight excluding hydrogens is 421 g/mol. The van der Waals surface area contributed by atoms with Crippen LogP contribution in [0.15, 0.2) is 41.4 Å². The molecule has 2 heterocycles. The Hall–Kier alpha value is -2.39. The highest BCUT2D eigenvalue weighted by Gasteiger charge is 2.24. The Labute approximate surface area is 173 Å². The van der Waals surface area contributed by atoms with E-state index in [-0.39, 0.29) is 23.6 Å². The summed E-state index contributed by atoms with van der Waals surface area (Å²) >= 11 is 5.89. The molecular formula is C19H21ClFN3O4S. The number of rotatable bonds is 5. The molecule has 0 radical (unpaired) electrons. The minimum absolute atomic E-state index is 0.0777. The standard InChI is InChI=1S/C19H21ClFN3O4S/c1-29(26,27)17-10-14(20)3-2-13(17)11-23-19(25)24-8-6-16(7-9-24)28-18-5-4-15(21)12-22-18/h2-5,10,12,16H,6-9,11H2,1H3,(H,23,25). The molecule has 1 aromatic heterocycles. The molecule has 1 aromatic carbocycles. The Morgan fingerprint density at radius 2 is 2.03 bits per heavy atom. The van der Waals surface area contributed by atoms with Gasteiger partial charge in [0.25, 0.3) is 0 Å². The number of ether oxygens (including phenoxy) is 1. The first-order valence-electron chi connectivity index (χ1n) is 9.02. The van der Waals surface area contributed by atoms with Crippen LogP contribution in [-0.2, 0) is 16.4 Å². The molecule has 2 aromatic rings. The Morgan fingerprint density at radius 3 is 2.66 bits per heavy atom. The number of piperidine rings is 1. The smallest absolute Gasteiger partial charge is 0.317 e. The number of carbonyl (C=O) groups excluding carboxylic acids is 1. The zero-order chi connectivity index (χ0) is 21.0. The van der Waals surface area contributed by atoms with Crippen LogP contribution < -0.4 is 10.1 Å². The minimum atomic E-state index is -3.46. The lowest BCUT2D eigenvalue weighted by atomic mass is 10.1. The third-order valence-corrected chi connectivity index (χ3v) is 5.99. The van der Waals surface area contributed by atoms with E-state index in [1.54, 1.807) is 17.0 Å². The van der Waals surface area contributed by atoms with Gasteiger partial charge in [0.2, 0.25) is 5.88 Å². The van der Waals surface area contributed by atoms with E-state index in [4.69, 9.17) is 16.3 Å². The lowest BCUT2D eigenvalue weighted by molar-refractivity contribution is 0.107. The van der Waals surface area contributed by atoms with Crippen molar-refractivity contribution in [3.63, 3.8) is 0 Å². The van der Waals surface area contributed by atoms with Crippen molar-refractivity contribution in [2.75, 3.05) is 19.3 Å². The van der Waals surface area contributed by atoms with Crippen molar-refractivity contribution in [2.45, 2.75) is 30.4 Å². The normalized spacial score (nSPS) is 15.2. The van der Waals surface area contributed by atoms with Gasteiger partial charge in [-0.25, -0.2) is 22.6 Å². The van der Waals surface area contributed by atoms with E-state index in [1.807, 2.05) is 0 Å². The van der Waals surface area contributed by atoms with Gasteiger partial charge in [-0.05, 0) is 23.8 Å². The van der Waals surface area contributed by atoms with E-state index in [0.29, 0.717) is 42.4 Å². The van der Waals surface area contributed by atoms with Crippen molar-refractivity contribution in [1.82, 2.24) is 15.2 Å². The molecule has 0 aliphatic carbocycles. The van der Waals surface area contributed by atoms with E-state index in [2.05, 4.69) is 10.3 Å². The molecule has 2 amide bonds. The predicted molar refractivity (Wildman–Crippen MR) is 106 cm³/mol. The van der Waals surface area contributed by atoms with Crippen LogP contribution >= 0.6 is 11.6 Å². The molecule has 0 saturated carbocycles. The first-order valence-corrected chi connectivity index (χ1v) is 11.3. The number of halogens is 2. The molecule has 156 valence electrons. The second-order valence-corrected chi connectivity index (χ2v) is 9.22. The number of benzene rings is 1. The number of likely N-dealkylation sites (tertiary alicyclic amines) is 1. The number of pyridine rings is 1. The van der Waals surface area contributed by atoms with Gasteiger partial charge >= 0.3 is 6.03 Å². The van der Waals surface area contributed by atoms with Crippen molar-refractivity contribution < 1.29 is 22.3 Å². The van der Waals surface area contributed by atoms with Crippen LogP contribution in [0.25, 0.3) is 0 Å². The van der Waals surface area contributed by atoms with Crippen LogP contribution in [0.3, 0.4) is 0 Å². The van der Waals surface area contributed by atoms with Gasteiger partial charge in [-0.3, -0.25) is 0 Å². The van der Waals surface area contributed by atoms with Crippen molar-refractivity contribution in [1.29, 1.82) is 0 Å². The number of hydrogen-bond acceptors (Lipinski definition) is 5. The molecule has 0 unspecified atom stereocenters. The van der Waals surface area contributed by atoms with E-state index < -0.39 is 15.7 Å². The average molecular weight is 442 g/mol. The topological polar surface area (TPSA) is 88.6 Å². The molecule has 1 fully saturated rings. The first-order chi connectivity index (χ1) is 13.7. The second kappa shape index (κ2) is 8.96. The number of aromatic nitrogens is 1. The summed E-state index contributed by atoms with van der Waals surface area (Å²) in [6.45, 7) is 1.04. The molecule has 1 N–H and O–H groups in total. The number of nitrogens with zero attached hydrogens (tertiary/aromatic N) is 2. The van der Waals surface area contributed by atoms with Crippen LogP contribution in [0.4, 0.5) is 9.18 Å². The summed E-state index contributed by atoms with van der Waals surface area (Å²) in [7, 11) is -3.46. The summed E-state index contributed by atoms with van der Waals surface area (Å²) < 4.78 is 42.5. The quantitative estimate of drug-likeness (QED) is 0.770. The number of hydrogen-bond donors (Lipinski definition) is 1. The molecule has 1 saturated heterocycles. The van der Waals surface area contributed by atoms with Gasteiger partial charge in [0, 0.05) is 49.8 Å². The van der Waals surface area contributed by atoms with Crippen molar-refractivity contribution >= 4 is 27.5 Å². The van der Waals surface area contributed by atoms with Gasteiger partial charge in [-0.2, -0.15) is 0 Å². The summed E-state index contributed by atoms with van der Waals surface area (Å²) in [5.41, 5.74) is 0.478. The predicted octanol–water partition coefficient (Wildman–Crippen LogP) is 3.03. The lowest BCUT2D eigenvalue weighted by Gasteiger charge is -2.32. The minimum Gasteiger partial charge on any atom is -0.474 e. The summed E-state index contributed by atoms with van der Waals surface area (Å²) in [5.74, 6) is -0.0751. The van der Waals surface area contributed by atoms with Crippen LogP contribution in [0, 0.1) is 5.82 Å². The van der Waals surface area contributed by atoms with Crippen LogP contribution in [0.1, 0.15) is 18.4 Å². The maximum Gasteiger partial charge on any atom is 0.317 e. The molecule has 29 heavy (non-hydrogen) atoms. The fourth-order valence-corrected chi connectivity index (χ4v) is 4.28. The Kier molecular flexibility index (Phi) is 6.59. The Balaban J connectivity index is 1.52. The zero-order valence-corrected chi connectivity index (χ0v) is 17.3. The number of nitrogens with one attached hydrogen (secondary N) is 1. The van der Waals surface area contributed by atoms with Gasteiger partial charge in [0.05, 0.1) is 11.1 Å². The number of urea groups is 1. The molecule has 0 bridgehead atoms. The molecule has 7 nitrogen and oxygen atoms in total. The lowest BCUT2D eigenvalue weighted by Crippen LogP contribution is -2.46. The Morgan fingerprint density at radius 1 is 1.31 bits per heavy atom. The maximum atomic E-state index is 12.9. The van der Waals surface area contributed by atoms with E-state index in [9.17, 15) is 17.6 Å². The molecule has 10 heteroatoms. The molecule has 1 aliphatic heterocycles. The fourth-order valence-electron chi connectivity index (χ4n) is 3.08. The van der Waals surface area contributed by atoms with E-state index >= 15 is 0 Å². The number of carbonyl (C=O) groups is 1. The van der Waals surface area contributed by atoms with Crippen LogP contribution in [0.5, 0.6) is 5.88 Å². The highest BCUT2D eigenvalue weighted by Crippen LogP contribution is 2.21. The van der Waals surface area contributed by atoms with Gasteiger partial charge in [0.15, 0.2) is 9.84 Å². The van der Waals surface area contributed by atoms with Gasteiger partial charge < -0.3 is 15.0 Å². The highest BCUT2D eigenvalue weighted by molar-refractivity contribution is 7.90. The number of amides is 2. The number of sulfone groups is 1. The monoisotopic (exact) mass is 441 g/mol. The third kappa shape index (κ3) is 5.80. The van der Waals surface area contributed by atoms with Crippen molar-refractivity contribution in [3.8, 4) is 5.88 Å². The highest BCUT2D eigenvalue weighted by atomic mass is 35.5. The van der Waals surface area contributed by atoms with Crippen molar-refractivity contribution in [3.05, 3.63) is 52.9 Å². The SMILES string of the molecule is CS(=O)(=O)c1cc(Cl)ccc1CNC(=O)N1CCC(Oc2ccc(F)cn2)CC1. The molecule has 1 aliphatic rings. The zero-order valence-electron chi connectivity index (χ0n) is 15.8. The third-order valence-electron chi connectivity index (χ3n) is 4.58. The second-order valence-electron chi connectivity index (χ2n) is 6.80. The molecule has 0 spiro atoms. The van der Waals surface area contributed by atoms with Crippen molar-refractivity contribution in [2.24, 2.45) is 0 Å². The van der Waals surface area contributed by atoms with Gasteiger partial charge in [0.1, 0.15) is 11.9 Å². The van der Waals surface area contributed by atoms with E-state index in [1.165, 1.54) is 18.2 Å². The van der Waals surface area contributed by atoms with Gasteiger partial charge in [-0.15, -0.1) is 0 Å². The Bertz CT molecular complexity index is 977. The summed E-state index contributed by atoms with van der Waals surface area (Å²) in [4.78, 5) is 18.1. The molecule has 0 atom stereocenters. The summed E-state index contributed by atoms with van der Waals surface area (Å²) in [6, 6.07) is 7.04. The average Bonchev–Trinajstić information content (AvgIpc) is 2.68. The van der Waals surface area contributed by atoms with Crippen LogP contribution in [-0.4, -0.2) is 49.8 Å². The maximum absolute atomic E-state index is 12.9. The molecule has 3 rings (SSSR count). The van der Waals surface area contributed by atoms with E-state index in [0.717, 1.165) is 12.5 Å². The first kappa shape index (κ1) is 21.3. The summed E-state index contributed by atoms with van der Waals surface area (Å²) in [6.07, 6.45) is 3.32. The largest absolute Gasteiger partial charge is 0.474 e. The summed E-state index contributed by atoms with van der Waals surface area (Å²) in [5, 5.41) is 3.07. The van der Waals surface area contributed by atoms with Gasteiger partial charge in [-0.1, -0.05) is 17.7 Å².